The van der Waals surface area contributed by atoms with Crippen molar-refractivity contribution in [1.82, 2.24) is 0 Å². The molecule has 0 nitrogen and oxygen atoms in total. The van der Waals surface area contributed by atoms with Crippen LogP contribution in [0, 0.1) is 11.5 Å². The normalized spacial score (nSPS) is 10.7. The molecule has 0 atom stereocenters. The van der Waals surface area contributed by atoms with Crippen molar-refractivity contribution in [3.63, 3.8) is 0 Å². The van der Waals surface area contributed by atoms with Gasteiger partial charge in [-0.1, -0.05) is 25.6 Å². The van der Waals surface area contributed by atoms with Crippen LogP contribution in [0.5, 0.6) is 0 Å². The Kier molecular flexibility index (Phi) is 3.16. The van der Waals surface area contributed by atoms with Gasteiger partial charge in [0.2, 0.25) is 0 Å². The van der Waals surface area contributed by atoms with Crippen molar-refractivity contribution in [2.75, 3.05) is 0 Å². The highest BCUT2D eigenvalue weighted by molar-refractivity contribution is 9.11. The van der Waals surface area contributed by atoms with Crippen LogP contribution < -0.4 is 0 Å². The lowest BCUT2D eigenvalue weighted by atomic mass is 10.4. The number of thiophene rings is 1. The molecule has 0 saturated heterocycles. The smallest absolute Gasteiger partial charge is 0.129 e. The lowest BCUT2D eigenvalue weighted by Crippen LogP contribution is -2.16. The van der Waals surface area contributed by atoms with Crippen molar-refractivity contribution >= 4 is 35.3 Å². The molecule has 0 unspecified atom stereocenters. The quantitative estimate of drug-likeness (QED) is 0.492. The van der Waals surface area contributed by atoms with Crippen molar-refractivity contribution in [1.29, 1.82) is 0 Å². The van der Waals surface area contributed by atoms with Gasteiger partial charge in [-0.05, 0) is 22.0 Å². The van der Waals surface area contributed by atoms with Crippen LogP contribution in [-0.4, -0.2) is 8.07 Å². The molecular weight excluding hydrogens is 248 g/mol. The van der Waals surface area contributed by atoms with Gasteiger partial charge in [0, 0.05) is 10.9 Å². The van der Waals surface area contributed by atoms with Crippen LogP contribution in [0.25, 0.3) is 0 Å². The van der Waals surface area contributed by atoms with Crippen molar-refractivity contribution < 1.29 is 0 Å². The molecule has 0 saturated carbocycles. The maximum absolute atomic E-state index is 3.41. The van der Waals surface area contributed by atoms with Crippen LogP contribution >= 0.6 is 27.3 Å². The van der Waals surface area contributed by atoms with E-state index in [9.17, 15) is 0 Å². The number of hydrogen-bond donors (Lipinski definition) is 0. The van der Waals surface area contributed by atoms with E-state index in [1.807, 2.05) is 0 Å². The first kappa shape index (κ1) is 10.0. The van der Waals surface area contributed by atoms with Crippen LogP contribution in [-0.2, 0) is 0 Å². The molecule has 0 spiro atoms. The average Bonchev–Trinajstić information content (AvgIpc) is 2.30. The predicted octanol–water partition coefficient (Wildman–Crippen LogP) is 3.74. The van der Waals surface area contributed by atoms with Crippen LogP contribution in [0.2, 0.25) is 19.6 Å². The number of halogens is 1. The molecule has 0 aliphatic carbocycles. The molecule has 0 radical (unpaired) electrons. The minimum Gasteiger partial charge on any atom is -0.135 e. The molecule has 0 aliphatic heterocycles. The average molecular weight is 259 g/mol. The van der Waals surface area contributed by atoms with E-state index in [1.165, 1.54) is 0 Å². The fourth-order valence-electron chi connectivity index (χ4n) is 0.635. The summed E-state index contributed by atoms with van der Waals surface area (Å²) in [7, 11) is -1.20. The molecule has 1 aromatic heterocycles. The lowest BCUT2D eigenvalue weighted by molar-refractivity contribution is 1.79. The fraction of sp³-hybridized carbons (Fsp3) is 0.333. The summed E-state index contributed by atoms with van der Waals surface area (Å²) in [5, 5.41) is 2.08. The number of hydrogen-bond acceptors (Lipinski definition) is 1. The van der Waals surface area contributed by atoms with Gasteiger partial charge in [-0.25, -0.2) is 0 Å². The van der Waals surface area contributed by atoms with Gasteiger partial charge in [-0.3, -0.25) is 0 Å². The zero-order valence-electron chi connectivity index (χ0n) is 7.44. The van der Waals surface area contributed by atoms with Crippen LogP contribution in [0.4, 0.5) is 0 Å². The summed E-state index contributed by atoms with van der Waals surface area (Å²) < 4.78 is 1.15. The maximum atomic E-state index is 3.41. The molecule has 0 aromatic carbocycles. The Morgan fingerprint density at radius 1 is 1.42 bits per heavy atom. The number of rotatable bonds is 0. The topological polar surface area (TPSA) is 0 Å². The molecule has 0 bridgehead atoms. The molecule has 64 valence electrons. The van der Waals surface area contributed by atoms with Crippen molar-refractivity contribution in [2.24, 2.45) is 0 Å². The molecule has 1 heterocycles. The van der Waals surface area contributed by atoms with Gasteiger partial charge in [0.05, 0.1) is 3.79 Å². The van der Waals surface area contributed by atoms with Crippen LogP contribution in [0.15, 0.2) is 15.2 Å². The minimum absolute atomic E-state index is 1.13. The highest BCUT2D eigenvalue weighted by Gasteiger charge is 2.07. The Bertz CT molecular complexity index is 324. The predicted molar refractivity (Wildman–Crippen MR) is 62.2 cm³/mol. The molecule has 1 aromatic rings. The highest BCUT2D eigenvalue weighted by Crippen LogP contribution is 2.19. The molecule has 3 heteroatoms. The van der Waals surface area contributed by atoms with Crippen LogP contribution in [0.3, 0.4) is 0 Å². The Hall–Kier alpha value is -0.0431. The summed E-state index contributed by atoms with van der Waals surface area (Å²) in [5.74, 6) is 3.20. The molecule has 0 aliphatic rings. The van der Waals surface area contributed by atoms with E-state index < -0.39 is 8.07 Å². The van der Waals surface area contributed by atoms with Gasteiger partial charge in [-0.15, -0.1) is 16.9 Å². The third-order valence-corrected chi connectivity index (χ3v) is 3.53. The largest absolute Gasteiger partial charge is 0.135 e. The van der Waals surface area contributed by atoms with Gasteiger partial charge in [-0.2, -0.15) is 0 Å². The summed E-state index contributed by atoms with van der Waals surface area (Å²) in [6.45, 7) is 6.75. The molecule has 12 heavy (non-hydrogen) atoms. The van der Waals surface area contributed by atoms with Crippen molar-refractivity contribution in [3.05, 3.63) is 20.8 Å². The Balaban J connectivity index is 2.80. The Morgan fingerprint density at radius 2 is 2.08 bits per heavy atom. The Labute approximate surface area is 87.1 Å². The van der Waals surface area contributed by atoms with E-state index in [2.05, 4.69) is 58.5 Å². The molecule has 1 rings (SSSR count). The fourth-order valence-corrected chi connectivity index (χ4v) is 2.24. The second-order valence-corrected chi connectivity index (χ2v) is 10.7. The van der Waals surface area contributed by atoms with E-state index in [0.717, 1.165) is 9.35 Å². The highest BCUT2D eigenvalue weighted by atomic mass is 79.9. The van der Waals surface area contributed by atoms with E-state index in [1.54, 1.807) is 11.3 Å². The summed E-state index contributed by atoms with van der Waals surface area (Å²) >= 11 is 5.10. The second kappa shape index (κ2) is 3.78. The summed E-state index contributed by atoms with van der Waals surface area (Å²) in [5.41, 5.74) is 4.46. The van der Waals surface area contributed by atoms with Gasteiger partial charge in [0.15, 0.2) is 0 Å². The Morgan fingerprint density at radius 3 is 2.50 bits per heavy atom. The molecular formula is C9H11BrSSi. The van der Waals surface area contributed by atoms with E-state index in [-0.39, 0.29) is 0 Å². The van der Waals surface area contributed by atoms with Gasteiger partial charge in [0.25, 0.3) is 0 Å². The zero-order valence-corrected chi connectivity index (χ0v) is 10.8. The maximum Gasteiger partial charge on any atom is 0.129 e. The van der Waals surface area contributed by atoms with Gasteiger partial charge in [0.1, 0.15) is 8.07 Å². The molecule has 0 fully saturated rings. The molecule has 0 amide bonds. The third kappa shape index (κ3) is 3.57. The zero-order chi connectivity index (χ0) is 9.19. The van der Waals surface area contributed by atoms with E-state index in [4.69, 9.17) is 0 Å². The van der Waals surface area contributed by atoms with E-state index >= 15 is 0 Å². The summed E-state index contributed by atoms with van der Waals surface area (Å²) in [6.07, 6.45) is 0. The first-order valence-electron chi connectivity index (χ1n) is 3.74. The SMILES string of the molecule is C[Si](C)(C)C#Cc1csc(Br)c1. The van der Waals surface area contributed by atoms with E-state index in [0.29, 0.717) is 0 Å². The van der Waals surface area contributed by atoms with Gasteiger partial charge >= 0.3 is 0 Å². The first-order valence-corrected chi connectivity index (χ1v) is 8.92. The van der Waals surface area contributed by atoms with Crippen molar-refractivity contribution in [3.8, 4) is 11.5 Å². The standard InChI is InChI=1S/C9H11BrSSi/c1-12(2,3)5-4-8-6-9(10)11-7-8/h6-7H,1-3H3. The minimum atomic E-state index is -1.20. The monoisotopic (exact) mass is 258 g/mol. The molecule has 0 N–H and O–H groups in total. The second-order valence-electron chi connectivity index (χ2n) is 3.64. The summed E-state index contributed by atoms with van der Waals surface area (Å²) in [4.78, 5) is 0. The summed E-state index contributed by atoms with van der Waals surface area (Å²) in [6, 6.07) is 2.07. The first-order chi connectivity index (χ1) is 5.47. The van der Waals surface area contributed by atoms with Crippen molar-refractivity contribution in [2.45, 2.75) is 19.6 Å². The third-order valence-electron chi connectivity index (χ3n) is 1.15. The van der Waals surface area contributed by atoms with Crippen LogP contribution in [0.1, 0.15) is 5.56 Å². The van der Waals surface area contributed by atoms with Gasteiger partial charge < -0.3 is 0 Å². The lowest BCUT2D eigenvalue weighted by Gasteiger charge is -2.02.